The van der Waals surface area contributed by atoms with E-state index < -0.39 is 136 Å². The Kier molecular flexibility index (Phi) is 28.5. The number of aliphatic hydroxyl groups is 1. The maximum Gasteiger partial charge on any atom is 0.410 e. The van der Waals surface area contributed by atoms with Gasteiger partial charge >= 0.3 is 12.1 Å². The molecule has 0 radical (unpaired) electrons. The fourth-order valence-corrected chi connectivity index (χ4v) is 11.2. The maximum absolute atomic E-state index is 14.8. The molecule has 11 N–H and O–H groups in total. The number of ether oxygens (including phenoxy) is 3. The van der Waals surface area contributed by atoms with Gasteiger partial charge in [-0.3, -0.25) is 38.2 Å². The lowest BCUT2D eigenvalue weighted by atomic mass is 9.89. The summed E-state index contributed by atoms with van der Waals surface area (Å²) in [7, 11) is 0.831. The number of nitrogens with one attached hydrogen (secondary N) is 5. The van der Waals surface area contributed by atoms with Gasteiger partial charge in [-0.1, -0.05) is 105 Å². The van der Waals surface area contributed by atoms with Crippen LogP contribution in [0.1, 0.15) is 125 Å². The van der Waals surface area contributed by atoms with Crippen molar-refractivity contribution in [3.8, 4) is 0 Å². The number of nitrogens with two attached hydrogens (primary N) is 2. The van der Waals surface area contributed by atoms with E-state index in [2.05, 4.69) is 26.6 Å². The summed E-state index contributed by atoms with van der Waals surface area (Å²) in [6.45, 7) is 17.4. The smallest absolute Gasteiger partial charge is 0.410 e. The van der Waals surface area contributed by atoms with Crippen LogP contribution in [0.15, 0.2) is 53.4 Å². The Labute approximate surface area is 495 Å². The Hall–Kier alpha value is -6.45. The van der Waals surface area contributed by atoms with E-state index in [1.165, 1.54) is 38.3 Å². The van der Waals surface area contributed by atoms with Crippen molar-refractivity contribution in [2.75, 3.05) is 46.7 Å². The molecule has 1 aliphatic rings. The first-order valence-electron chi connectivity index (χ1n) is 28.7. The fourth-order valence-electron chi connectivity index (χ4n) is 10.5. The predicted molar refractivity (Wildman–Crippen MR) is 315 cm³/mol. The van der Waals surface area contributed by atoms with Gasteiger partial charge in [0.15, 0.2) is 0 Å². The van der Waals surface area contributed by atoms with Crippen molar-refractivity contribution in [1.82, 2.24) is 36.0 Å². The normalized spacial score (nSPS) is 17.5. The summed E-state index contributed by atoms with van der Waals surface area (Å²) in [6.07, 6.45) is -1.61. The third kappa shape index (κ3) is 20.1. The van der Waals surface area contributed by atoms with Gasteiger partial charge in [0.1, 0.15) is 29.6 Å². The van der Waals surface area contributed by atoms with Gasteiger partial charge in [-0.2, -0.15) is 8.42 Å². The van der Waals surface area contributed by atoms with E-state index >= 15 is 0 Å². The molecule has 1 aliphatic heterocycles. The minimum absolute atomic E-state index is 0.0143. The molecule has 1 saturated heterocycles. The number of rotatable bonds is 32. The summed E-state index contributed by atoms with van der Waals surface area (Å²) in [5.74, 6) is -5.44. The monoisotopic (exact) mass is 1200 g/mol. The van der Waals surface area contributed by atoms with E-state index in [4.69, 9.17) is 25.7 Å². The predicted octanol–water partition coefficient (Wildman–Crippen LogP) is 3.68. The summed E-state index contributed by atoms with van der Waals surface area (Å²) in [5.41, 5.74) is 11.5. The largest absolute Gasteiger partial charge is 0.444 e. The number of methoxy groups -OCH3 is 2. The average Bonchev–Trinajstić information content (AvgIpc) is 3.69. The zero-order valence-electron chi connectivity index (χ0n) is 51.2. The number of carbonyl (C=O) groups excluding carboxylic acids is 8. The number of aliphatic hydroxyl groups excluding tert-OH is 1. The zero-order valence-corrected chi connectivity index (χ0v) is 52.1. The summed E-state index contributed by atoms with van der Waals surface area (Å²) >= 11 is 0. The molecule has 12 atom stereocenters. The van der Waals surface area contributed by atoms with Gasteiger partial charge in [0, 0.05) is 52.7 Å². The van der Waals surface area contributed by atoms with Crippen LogP contribution in [-0.4, -0.2) is 176 Å². The lowest BCUT2D eigenvalue weighted by Gasteiger charge is -2.41. The van der Waals surface area contributed by atoms with Gasteiger partial charge in [0.2, 0.25) is 35.4 Å². The number of hydrogen-bond acceptors (Lipinski definition) is 15. The first-order valence-corrected chi connectivity index (χ1v) is 30.1. The topological polar surface area (TPSA) is 361 Å². The first kappa shape index (κ1) is 71.8. The number of anilines is 1. The molecule has 84 heavy (non-hydrogen) atoms. The molecule has 2 aromatic carbocycles. The molecule has 25 nitrogen and oxygen atoms in total. The lowest BCUT2D eigenvalue weighted by Crippen LogP contribution is -2.60. The Morgan fingerprint density at radius 1 is 0.810 bits per heavy atom. The molecule has 2 aromatic rings. The van der Waals surface area contributed by atoms with Crippen LogP contribution in [-0.2, 0) is 59.7 Å². The number of primary amides is 1. The molecule has 1 heterocycles. The second-order valence-corrected chi connectivity index (χ2v) is 24.3. The third-order valence-electron chi connectivity index (χ3n) is 15.7. The number of amides is 9. The van der Waals surface area contributed by atoms with Crippen molar-refractivity contribution in [2.45, 2.75) is 180 Å². The Morgan fingerprint density at radius 2 is 1.45 bits per heavy atom. The van der Waals surface area contributed by atoms with E-state index in [1.807, 2.05) is 19.9 Å². The second-order valence-electron chi connectivity index (χ2n) is 22.9. The van der Waals surface area contributed by atoms with Crippen molar-refractivity contribution in [3.63, 3.8) is 0 Å². The van der Waals surface area contributed by atoms with Crippen LogP contribution in [0.3, 0.4) is 0 Å². The van der Waals surface area contributed by atoms with Crippen LogP contribution >= 0.6 is 0 Å². The standard InChI is InChI=1S/C58H94N10O15S/c1-15-35(8)49(43(81-13)30-45(69)68-28-20-24-42(68)51(82-14)36(9)52(71)62-37(10)50(70)38-21-17-16-18-22-38)66(11)56(75)47(33(4)5)65-55(74)48(34(6)7)67(12)58(77)83-31-39-25-26-40(29-44(39)84(78,79)80)63-53(72)41(23-19-27-61-57(60)76)64-54(73)46(59)32(2)3/h16-18,21-22,25-26,29,32-37,41-43,46-51,70H,15,19-20,23-24,27-28,30-31,59H2,1-14H3,(H,62,71)(H,63,72)(H,64,73)(H,65,74)(H3,60,61,76)(H,78,79,80)/t35?,36?,37?,41?,42-,43?,46?,47?,48?,49?,50?,51?/m0/s1. The van der Waals surface area contributed by atoms with Crippen molar-refractivity contribution in [2.24, 2.45) is 41.1 Å². The van der Waals surface area contributed by atoms with Gasteiger partial charge in [-0.15, -0.1) is 0 Å². The Balaban J connectivity index is 1.79. The number of nitrogens with zero attached hydrogens (tertiary/aromatic N) is 3. The summed E-state index contributed by atoms with van der Waals surface area (Å²) in [5, 5.41) is 24.2. The molecule has 1 fully saturated rings. The molecule has 0 aromatic heterocycles. The number of likely N-dealkylation sites (N-methyl/N-ethyl adjacent to an activating group) is 2. The molecule has 0 spiro atoms. The van der Waals surface area contributed by atoms with Crippen LogP contribution in [0.2, 0.25) is 0 Å². The minimum atomic E-state index is -5.02. The quantitative estimate of drug-likeness (QED) is 0.0373. The van der Waals surface area contributed by atoms with E-state index in [0.29, 0.717) is 31.4 Å². The van der Waals surface area contributed by atoms with Gasteiger partial charge in [-0.25, -0.2) is 9.59 Å². The molecule has 26 heteroatoms. The number of likely N-dealkylation sites (tertiary alicyclic amines) is 1. The minimum Gasteiger partial charge on any atom is -0.444 e. The molecular weight excluding hydrogens is 1110 g/mol. The molecule has 0 bridgehead atoms. The highest BCUT2D eigenvalue weighted by atomic mass is 32.2. The van der Waals surface area contributed by atoms with Gasteiger partial charge < -0.3 is 67.2 Å². The molecule has 11 unspecified atom stereocenters. The van der Waals surface area contributed by atoms with Crippen LogP contribution in [0.4, 0.5) is 15.3 Å². The molecular formula is C58H94N10O15S. The Bertz CT molecular complexity index is 2650. The number of urea groups is 1. The molecule has 0 aliphatic carbocycles. The highest BCUT2D eigenvalue weighted by Crippen LogP contribution is 2.31. The van der Waals surface area contributed by atoms with Gasteiger partial charge in [0.25, 0.3) is 10.1 Å². The second kappa shape index (κ2) is 33.3. The molecule has 3 rings (SSSR count). The molecule has 9 amide bonds. The van der Waals surface area contributed by atoms with Gasteiger partial charge in [0.05, 0.1) is 54.8 Å². The van der Waals surface area contributed by atoms with Gasteiger partial charge in [-0.05, 0) is 74.0 Å². The van der Waals surface area contributed by atoms with Crippen molar-refractivity contribution in [3.05, 3.63) is 59.7 Å². The number of hydrogen-bond donors (Lipinski definition) is 9. The fraction of sp³-hybridized carbons (Fsp3) is 0.655. The highest BCUT2D eigenvalue weighted by molar-refractivity contribution is 7.85. The van der Waals surface area contributed by atoms with Crippen LogP contribution < -0.4 is 38.1 Å². The van der Waals surface area contributed by atoms with E-state index in [1.54, 1.807) is 91.6 Å². The summed E-state index contributed by atoms with van der Waals surface area (Å²) in [4.78, 5) is 112. The Morgan fingerprint density at radius 3 is 2.00 bits per heavy atom. The zero-order chi connectivity index (χ0) is 63.5. The summed E-state index contributed by atoms with van der Waals surface area (Å²) < 4.78 is 53.2. The molecule has 472 valence electrons. The van der Waals surface area contributed by atoms with Crippen molar-refractivity contribution < 1.29 is 70.6 Å². The van der Waals surface area contributed by atoms with E-state index in [0.717, 1.165) is 11.0 Å². The summed E-state index contributed by atoms with van der Waals surface area (Å²) in [6, 6.07) is 5.34. The van der Waals surface area contributed by atoms with Crippen molar-refractivity contribution >= 4 is 63.4 Å². The first-order chi connectivity index (χ1) is 39.3. The van der Waals surface area contributed by atoms with Crippen LogP contribution in [0.25, 0.3) is 0 Å². The highest BCUT2D eigenvalue weighted by Gasteiger charge is 2.44. The number of benzene rings is 2. The van der Waals surface area contributed by atoms with Crippen LogP contribution in [0.5, 0.6) is 0 Å². The van der Waals surface area contributed by atoms with Crippen LogP contribution in [0, 0.1) is 29.6 Å². The molecule has 0 saturated carbocycles. The third-order valence-corrected chi connectivity index (χ3v) is 16.6. The maximum atomic E-state index is 14.8. The number of carbonyl (C=O) groups is 8. The van der Waals surface area contributed by atoms with Crippen molar-refractivity contribution in [1.29, 1.82) is 0 Å². The SMILES string of the molecule is CCC(C)C(C(CC(=O)N1CCC[C@H]1C(OC)C(C)C(=O)NC(C)C(O)c1ccccc1)OC)N(C)C(=O)C(NC(=O)C(C(C)C)N(C)C(=O)OCc1ccc(NC(=O)C(CCCNC(N)=O)NC(=O)C(N)C(C)C)cc1S(=O)(=O)O)C(C)C. The van der Waals surface area contributed by atoms with E-state index in [-0.39, 0.29) is 60.7 Å². The van der Waals surface area contributed by atoms with E-state index in [9.17, 15) is 56.4 Å². The lowest BCUT2D eigenvalue weighted by molar-refractivity contribution is -0.148. The average molecular weight is 1200 g/mol.